The number of hydrogen-bond donors (Lipinski definition) is 2. The molecule has 5 nitrogen and oxygen atoms in total. The first-order chi connectivity index (χ1) is 8.45. The first kappa shape index (κ1) is 14.0. The summed E-state index contributed by atoms with van der Waals surface area (Å²) in [5.41, 5.74) is -0.543. The Hall–Kier alpha value is -0.470. The van der Waals surface area contributed by atoms with E-state index in [9.17, 15) is 8.42 Å². The minimum Gasteiger partial charge on any atom is -0.391 e. The molecular formula is C11H17NO4S2. The van der Waals surface area contributed by atoms with Gasteiger partial charge in [0.2, 0.25) is 10.0 Å². The van der Waals surface area contributed by atoms with Crippen LogP contribution in [-0.4, -0.2) is 32.3 Å². The summed E-state index contributed by atoms with van der Waals surface area (Å²) < 4.78 is 32.4. The smallest absolute Gasteiger partial charge is 0.241 e. The van der Waals surface area contributed by atoms with Crippen LogP contribution >= 0.6 is 11.3 Å². The number of sulfonamides is 1. The minimum atomic E-state index is -3.54. The average Bonchev–Trinajstić information content (AvgIpc) is 2.77. The molecule has 1 atom stereocenters. The summed E-state index contributed by atoms with van der Waals surface area (Å²) in [4.78, 5) is 0.851. The van der Waals surface area contributed by atoms with E-state index in [1.54, 1.807) is 5.38 Å². The normalized spacial score (nSPS) is 25.2. The molecule has 7 heteroatoms. The van der Waals surface area contributed by atoms with Crippen molar-refractivity contribution in [1.29, 1.82) is 0 Å². The van der Waals surface area contributed by atoms with Crippen molar-refractivity contribution in [3.05, 3.63) is 16.3 Å². The van der Waals surface area contributed by atoms with Crippen LogP contribution in [0.5, 0.6) is 0 Å². The third-order valence-electron chi connectivity index (χ3n) is 2.91. The Kier molecular flexibility index (Phi) is 4.08. The van der Waals surface area contributed by atoms with Gasteiger partial charge in [-0.1, -0.05) is 0 Å². The fraction of sp³-hybridized carbons (Fsp3) is 0.636. The van der Waals surface area contributed by atoms with E-state index < -0.39 is 15.6 Å². The molecule has 1 fully saturated rings. The third kappa shape index (κ3) is 3.10. The molecule has 1 aromatic heterocycles. The Morgan fingerprint density at radius 1 is 1.61 bits per heavy atom. The summed E-state index contributed by atoms with van der Waals surface area (Å²) >= 11 is 1.24. The number of nitrogens with one attached hydrogen (secondary N) is 1. The highest BCUT2D eigenvalue weighted by atomic mass is 32.2. The molecule has 1 unspecified atom stereocenters. The molecule has 102 valence electrons. The number of hydrogen-bond acceptors (Lipinski definition) is 5. The van der Waals surface area contributed by atoms with Gasteiger partial charge in [0.25, 0.3) is 0 Å². The van der Waals surface area contributed by atoms with Gasteiger partial charge in [0.05, 0.1) is 23.6 Å². The molecule has 0 saturated carbocycles. The van der Waals surface area contributed by atoms with Gasteiger partial charge in [-0.15, -0.1) is 11.3 Å². The Bertz CT molecular complexity index is 503. The molecule has 1 saturated heterocycles. The van der Waals surface area contributed by atoms with Gasteiger partial charge in [0.1, 0.15) is 0 Å². The van der Waals surface area contributed by atoms with Crippen molar-refractivity contribution in [3.63, 3.8) is 0 Å². The fourth-order valence-corrected chi connectivity index (χ4v) is 4.54. The van der Waals surface area contributed by atoms with E-state index in [1.807, 2.05) is 6.92 Å². The van der Waals surface area contributed by atoms with Gasteiger partial charge in [-0.3, -0.25) is 0 Å². The molecular weight excluding hydrogens is 274 g/mol. The summed E-state index contributed by atoms with van der Waals surface area (Å²) in [5.74, 6) is 0. The van der Waals surface area contributed by atoms with Gasteiger partial charge < -0.3 is 9.84 Å². The summed E-state index contributed by atoms with van der Waals surface area (Å²) in [5, 5.41) is 10.5. The second-order valence-corrected chi connectivity index (χ2v) is 7.41. The van der Waals surface area contributed by atoms with Crippen LogP contribution in [0.15, 0.2) is 16.3 Å². The van der Waals surface area contributed by atoms with E-state index in [0.29, 0.717) is 18.1 Å². The number of aliphatic hydroxyl groups excluding tert-OH is 1. The lowest BCUT2D eigenvalue weighted by Crippen LogP contribution is -2.51. The molecule has 2 rings (SSSR count). The number of ether oxygens (including phenoxy) is 1. The van der Waals surface area contributed by atoms with Gasteiger partial charge in [0.15, 0.2) is 0 Å². The molecule has 0 radical (unpaired) electrons. The number of thiophene rings is 1. The van der Waals surface area contributed by atoms with Crippen LogP contribution in [0.25, 0.3) is 0 Å². The van der Waals surface area contributed by atoms with Crippen molar-refractivity contribution in [3.8, 4) is 0 Å². The van der Waals surface area contributed by atoms with Gasteiger partial charge in [-0.25, -0.2) is 13.1 Å². The molecule has 2 N–H and O–H groups in total. The van der Waals surface area contributed by atoms with Crippen LogP contribution in [0.1, 0.15) is 24.6 Å². The van der Waals surface area contributed by atoms with E-state index in [4.69, 9.17) is 9.84 Å². The maximum absolute atomic E-state index is 12.2. The lowest BCUT2D eigenvalue weighted by atomic mass is 9.97. The zero-order valence-corrected chi connectivity index (χ0v) is 11.8. The summed E-state index contributed by atoms with van der Waals surface area (Å²) in [6.45, 7) is 2.79. The summed E-state index contributed by atoms with van der Waals surface area (Å²) in [6.07, 6.45) is 1.62. The molecule has 0 aliphatic carbocycles. The lowest BCUT2D eigenvalue weighted by Gasteiger charge is -2.33. The predicted molar refractivity (Wildman–Crippen MR) is 69.0 cm³/mol. The molecule has 0 amide bonds. The molecule has 2 heterocycles. The highest BCUT2D eigenvalue weighted by Crippen LogP contribution is 2.24. The van der Waals surface area contributed by atoms with E-state index >= 15 is 0 Å². The maximum Gasteiger partial charge on any atom is 0.241 e. The molecule has 18 heavy (non-hydrogen) atoms. The zero-order chi connectivity index (χ0) is 13.2. The molecule has 1 aliphatic heterocycles. The third-order valence-corrected chi connectivity index (χ3v) is 5.60. The van der Waals surface area contributed by atoms with E-state index in [2.05, 4.69) is 4.72 Å². The monoisotopic (exact) mass is 291 g/mol. The predicted octanol–water partition coefficient (Wildman–Crippen LogP) is 1.09. The highest BCUT2D eigenvalue weighted by molar-refractivity contribution is 7.89. The van der Waals surface area contributed by atoms with E-state index in [0.717, 1.165) is 12.8 Å². The van der Waals surface area contributed by atoms with Crippen molar-refractivity contribution in [1.82, 2.24) is 4.72 Å². The largest absolute Gasteiger partial charge is 0.391 e. The molecule has 0 aromatic carbocycles. The minimum absolute atomic E-state index is 0.138. The van der Waals surface area contributed by atoms with Gasteiger partial charge in [-0.2, -0.15) is 0 Å². The topological polar surface area (TPSA) is 75.6 Å². The zero-order valence-electron chi connectivity index (χ0n) is 10.2. The van der Waals surface area contributed by atoms with Crippen LogP contribution in [0.3, 0.4) is 0 Å². The van der Waals surface area contributed by atoms with Crippen LogP contribution in [0.2, 0.25) is 0 Å². The van der Waals surface area contributed by atoms with Gasteiger partial charge in [0, 0.05) is 16.9 Å². The molecule has 1 aliphatic rings. The van der Waals surface area contributed by atoms with Crippen LogP contribution < -0.4 is 4.72 Å². The Balaban J connectivity index is 2.16. The van der Waals surface area contributed by atoms with Crippen molar-refractivity contribution < 1.29 is 18.3 Å². The van der Waals surface area contributed by atoms with E-state index in [-0.39, 0.29) is 11.5 Å². The van der Waals surface area contributed by atoms with Crippen molar-refractivity contribution in [2.24, 2.45) is 0 Å². The molecule has 0 bridgehead atoms. The standard InChI is InChI=1S/C11H17NO4S2/c1-11(3-2-4-16-8-11)12-18(14,15)10-5-9(6-13)17-7-10/h5,7,12-13H,2-4,6,8H2,1H3. The quantitative estimate of drug-likeness (QED) is 0.870. The van der Waals surface area contributed by atoms with Gasteiger partial charge in [-0.05, 0) is 25.8 Å². The Morgan fingerprint density at radius 2 is 2.39 bits per heavy atom. The maximum atomic E-state index is 12.2. The average molecular weight is 291 g/mol. The SMILES string of the molecule is CC1(NS(=O)(=O)c2csc(CO)c2)CCCOC1. The van der Waals surface area contributed by atoms with Crippen LogP contribution in [0.4, 0.5) is 0 Å². The first-order valence-corrected chi connectivity index (χ1v) is 8.11. The Morgan fingerprint density at radius 3 is 2.94 bits per heavy atom. The van der Waals surface area contributed by atoms with Crippen molar-refractivity contribution >= 4 is 21.4 Å². The fourth-order valence-electron chi connectivity index (χ4n) is 1.98. The number of rotatable bonds is 4. The second-order valence-electron chi connectivity index (χ2n) is 4.73. The Labute approximate surface area is 111 Å². The number of aliphatic hydroxyl groups is 1. The second kappa shape index (κ2) is 5.26. The highest BCUT2D eigenvalue weighted by Gasteiger charge is 2.33. The summed E-state index contributed by atoms with van der Waals surface area (Å²) in [6, 6.07) is 1.50. The lowest BCUT2D eigenvalue weighted by molar-refractivity contribution is 0.0386. The van der Waals surface area contributed by atoms with Gasteiger partial charge >= 0.3 is 0 Å². The van der Waals surface area contributed by atoms with Crippen molar-refractivity contribution in [2.75, 3.05) is 13.2 Å². The summed E-state index contributed by atoms with van der Waals surface area (Å²) in [7, 11) is -3.54. The van der Waals surface area contributed by atoms with Crippen LogP contribution in [0, 0.1) is 0 Å². The van der Waals surface area contributed by atoms with Crippen LogP contribution in [-0.2, 0) is 21.4 Å². The first-order valence-electron chi connectivity index (χ1n) is 5.75. The van der Waals surface area contributed by atoms with E-state index in [1.165, 1.54) is 17.4 Å². The molecule has 1 aromatic rings. The van der Waals surface area contributed by atoms with Crippen molar-refractivity contribution in [2.45, 2.75) is 36.8 Å². The molecule has 0 spiro atoms.